The van der Waals surface area contributed by atoms with Gasteiger partial charge in [-0.05, 0) is 79.9 Å². The molecule has 2 aliphatic carbocycles. The van der Waals surface area contributed by atoms with Gasteiger partial charge >= 0.3 is 0 Å². The molecule has 0 unspecified atom stereocenters. The lowest BCUT2D eigenvalue weighted by molar-refractivity contribution is 0.244. The van der Waals surface area contributed by atoms with Gasteiger partial charge in [0.2, 0.25) is 0 Å². The highest BCUT2D eigenvalue weighted by Crippen LogP contribution is 2.38. The van der Waals surface area contributed by atoms with Gasteiger partial charge in [0.1, 0.15) is 0 Å². The number of hydrogen-bond acceptors (Lipinski definition) is 2. The third-order valence-corrected chi connectivity index (χ3v) is 7.96. The fraction of sp³-hybridized carbons (Fsp3) is 0.600. The molecule has 0 radical (unpaired) electrons. The third kappa shape index (κ3) is 8.31. The monoisotopic (exact) mass is 428 g/mol. The predicted molar refractivity (Wildman–Crippen MR) is 133 cm³/mol. The first-order chi connectivity index (χ1) is 15.8. The molecule has 2 aliphatic rings. The van der Waals surface area contributed by atoms with Crippen molar-refractivity contribution in [2.24, 2.45) is 17.8 Å². The smallest absolute Gasteiger partial charge is 0.0991 e. The molecule has 0 aliphatic heterocycles. The van der Waals surface area contributed by atoms with E-state index in [1.165, 1.54) is 95.1 Å². The molecule has 3 rings (SSSR count). The number of hydrogen-bond donors (Lipinski definition) is 0. The first-order valence-electron chi connectivity index (χ1n) is 13.0. The van der Waals surface area contributed by atoms with E-state index in [9.17, 15) is 0 Å². The highest BCUT2D eigenvalue weighted by atomic mass is 14.3. The molecule has 2 nitrogen and oxygen atoms in total. The predicted octanol–water partition coefficient (Wildman–Crippen LogP) is 8.62. The highest BCUT2D eigenvalue weighted by Gasteiger charge is 2.23. The molecule has 1 aromatic rings. The topological polar surface area (TPSA) is 47.6 Å². The van der Waals surface area contributed by atoms with E-state index in [1.807, 2.05) is 30.4 Å². The lowest BCUT2D eigenvalue weighted by Crippen LogP contribution is -2.15. The molecule has 1 aromatic carbocycles. The van der Waals surface area contributed by atoms with Gasteiger partial charge in [-0.1, -0.05) is 81.7 Å². The molecule has 0 saturated heterocycles. The van der Waals surface area contributed by atoms with Crippen LogP contribution in [0.5, 0.6) is 0 Å². The molecule has 2 heteroatoms. The minimum absolute atomic E-state index is 0.707. The Morgan fingerprint density at radius 2 is 1.28 bits per heavy atom. The molecule has 2 saturated carbocycles. The normalized spacial score (nSPS) is 26.2. The van der Waals surface area contributed by atoms with Crippen molar-refractivity contribution in [2.45, 2.75) is 95.8 Å². The SMILES string of the molecule is N#C/C=C/C=C/CCC1CCC(CCCCC2CCC(c3ccc(C#N)cc3)CC2)CC1. The van der Waals surface area contributed by atoms with Crippen LogP contribution in [0.1, 0.15) is 107 Å². The first-order valence-corrected chi connectivity index (χ1v) is 13.0. The summed E-state index contributed by atoms with van der Waals surface area (Å²) in [4.78, 5) is 0. The molecule has 0 N–H and O–H groups in total. The van der Waals surface area contributed by atoms with Gasteiger partial charge in [-0.3, -0.25) is 0 Å². The minimum Gasteiger partial charge on any atom is -0.193 e. The molecular formula is C30H40N2. The van der Waals surface area contributed by atoms with Gasteiger partial charge in [0, 0.05) is 6.08 Å². The first kappa shape index (κ1) is 24.3. The fourth-order valence-electron chi connectivity index (χ4n) is 5.89. The molecule has 170 valence electrons. The van der Waals surface area contributed by atoms with Crippen LogP contribution in [0.3, 0.4) is 0 Å². The second-order valence-electron chi connectivity index (χ2n) is 10.1. The second kappa shape index (κ2) is 14.0. The molecule has 32 heavy (non-hydrogen) atoms. The van der Waals surface area contributed by atoms with Crippen LogP contribution in [-0.4, -0.2) is 0 Å². The van der Waals surface area contributed by atoms with E-state index >= 15 is 0 Å². The standard InChI is InChI=1S/C30H40N2/c31-23-7-3-1-2-4-8-25-11-13-26(14-12-25)9-5-6-10-27-15-19-29(20-16-27)30-21-17-28(24-32)18-22-30/h1-3,7,17-18,21-22,25-27,29H,4-6,8-16,19-20H2/b2-1+,7-3+. The maximum absolute atomic E-state index is 8.97. The van der Waals surface area contributed by atoms with Crippen molar-refractivity contribution < 1.29 is 0 Å². The summed E-state index contributed by atoms with van der Waals surface area (Å²) in [6.45, 7) is 0. The summed E-state index contributed by atoms with van der Waals surface area (Å²) in [5.41, 5.74) is 2.21. The van der Waals surface area contributed by atoms with E-state index in [-0.39, 0.29) is 0 Å². The van der Waals surface area contributed by atoms with Crippen LogP contribution < -0.4 is 0 Å². The van der Waals surface area contributed by atoms with Gasteiger partial charge in [-0.15, -0.1) is 0 Å². The molecule has 0 amide bonds. The van der Waals surface area contributed by atoms with Crippen LogP contribution in [0.2, 0.25) is 0 Å². The van der Waals surface area contributed by atoms with Gasteiger partial charge in [0.15, 0.2) is 0 Å². The van der Waals surface area contributed by atoms with E-state index in [2.05, 4.69) is 24.3 Å². The average molecular weight is 429 g/mol. The number of rotatable bonds is 10. The Kier molecular flexibility index (Phi) is 10.6. The van der Waals surface area contributed by atoms with Crippen LogP contribution >= 0.6 is 0 Å². The summed E-state index contributed by atoms with van der Waals surface area (Å²) in [7, 11) is 0. The molecule has 0 bridgehead atoms. The Bertz CT molecular complexity index is 789. The maximum atomic E-state index is 8.97. The summed E-state index contributed by atoms with van der Waals surface area (Å²) in [5.74, 6) is 3.55. The van der Waals surface area contributed by atoms with Crippen molar-refractivity contribution >= 4 is 0 Å². The van der Waals surface area contributed by atoms with E-state index in [0.29, 0.717) is 5.92 Å². The Morgan fingerprint density at radius 1 is 0.719 bits per heavy atom. The summed E-state index contributed by atoms with van der Waals surface area (Å²) >= 11 is 0. The lowest BCUT2D eigenvalue weighted by atomic mass is 9.76. The van der Waals surface area contributed by atoms with Crippen LogP contribution in [0.4, 0.5) is 0 Å². The van der Waals surface area contributed by atoms with Gasteiger partial charge in [0.25, 0.3) is 0 Å². The van der Waals surface area contributed by atoms with Crippen molar-refractivity contribution in [1.82, 2.24) is 0 Å². The lowest BCUT2D eigenvalue weighted by Gasteiger charge is -2.30. The largest absolute Gasteiger partial charge is 0.193 e. The van der Waals surface area contributed by atoms with E-state index in [1.54, 1.807) is 0 Å². The average Bonchev–Trinajstić information content (AvgIpc) is 2.85. The number of nitrogens with zero attached hydrogens (tertiary/aromatic N) is 2. The zero-order valence-corrected chi connectivity index (χ0v) is 19.7. The van der Waals surface area contributed by atoms with Gasteiger partial charge in [-0.25, -0.2) is 0 Å². The number of allylic oxidation sites excluding steroid dienone is 4. The number of nitriles is 2. The van der Waals surface area contributed by atoms with E-state index in [0.717, 1.165) is 29.7 Å². The minimum atomic E-state index is 0.707. The van der Waals surface area contributed by atoms with Crippen molar-refractivity contribution in [1.29, 1.82) is 10.5 Å². The van der Waals surface area contributed by atoms with Crippen LogP contribution in [0.15, 0.2) is 48.6 Å². The van der Waals surface area contributed by atoms with Crippen LogP contribution in [-0.2, 0) is 0 Å². The molecule has 2 fully saturated rings. The zero-order chi connectivity index (χ0) is 22.4. The summed E-state index contributed by atoms with van der Waals surface area (Å²) in [6, 6.07) is 12.5. The highest BCUT2D eigenvalue weighted by molar-refractivity contribution is 5.33. The summed E-state index contributed by atoms with van der Waals surface area (Å²) in [5, 5.41) is 17.5. The quantitative estimate of drug-likeness (QED) is 0.213. The van der Waals surface area contributed by atoms with Crippen molar-refractivity contribution in [2.75, 3.05) is 0 Å². The molecule has 0 heterocycles. The van der Waals surface area contributed by atoms with Crippen LogP contribution in [0.25, 0.3) is 0 Å². The van der Waals surface area contributed by atoms with E-state index in [4.69, 9.17) is 10.5 Å². The van der Waals surface area contributed by atoms with Gasteiger partial charge in [0.05, 0.1) is 17.7 Å². The zero-order valence-electron chi connectivity index (χ0n) is 19.7. The van der Waals surface area contributed by atoms with Crippen molar-refractivity contribution in [3.8, 4) is 12.1 Å². The fourth-order valence-corrected chi connectivity index (χ4v) is 5.89. The Hall–Kier alpha value is -2.32. The van der Waals surface area contributed by atoms with E-state index < -0.39 is 0 Å². The molecule has 0 aromatic heterocycles. The van der Waals surface area contributed by atoms with Gasteiger partial charge < -0.3 is 0 Å². The van der Waals surface area contributed by atoms with Crippen LogP contribution in [0, 0.1) is 40.4 Å². The third-order valence-electron chi connectivity index (χ3n) is 7.96. The van der Waals surface area contributed by atoms with Crippen molar-refractivity contribution in [3.63, 3.8) is 0 Å². The maximum Gasteiger partial charge on any atom is 0.0991 e. The second-order valence-corrected chi connectivity index (χ2v) is 10.1. The Balaban J connectivity index is 1.22. The number of unbranched alkanes of at least 4 members (excludes halogenated alkanes) is 1. The molecular weight excluding hydrogens is 388 g/mol. The summed E-state index contributed by atoms with van der Waals surface area (Å²) in [6.07, 6.45) is 26.9. The molecule has 0 atom stereocenters. The number of benzene rings is 1. The Morgan fingerprint density at radius 3 is 1.84 bits per heavy atom. The van der Waals surface area contributed by atoms with Crippen molar-refractivity contribution in [3.05, 3.63) is 59.7 Å². The van der Waals surface area contributed by atoms with Gasteiger partial charge in [-0.2, -0.15) is 10.5 Å². The Labute approximate surface area is 196 Å². The molecule has 0 spiro atoms. The summed E-state index contributed by atoms with van der Waals surface area (Å²) < 4.78 is 0.